The number of nitrogens with zero attached hydrogens (tertiary/aromatic N) is 1. The Morgan fingerprint density at radius 2 is 1.87 bits per heavy atom. The van der Waals surface area contributed by atoms with Crippen LogP contribution in [0.15, 0.2) is 40.1 Å². The maximum Gasteiger partial charge on any atom is 0.503 e. The first-order chi connectivity index (χ1) is 14.3. The Balaban J connectivity index is 0.000000589. The summed E-state index contributed by atoms with van der Waals surface area (Å²) in [6.07, 6.45) is -0.0410. The molecule has 0 aliphatic carbocycles. The summed E-state index contributed by atoms with van der Waals surface area (Å²) < 4.78 is 22.8. The van der Waals surface area contributed by atoms with Crippen LogP contribution in [0.5, 0.6) is 11.5 Å². The van der Waals surface area contributed by atoms with Gasteiger partial charge in [-0.1, -0.05) is 0 Å². The number of carbonyl (C=O) groups is 2. The molecule has 3 N–H and O–H groups in total. The van der Waals surface area contributed by atoms with Crippen molar-refractivity contribution in [1.82, 2.24) is 9.55 Å². The summed E-state index contributed by atoms with van der Waals surface area (Å²) in [6, 6.07) is 6.10. The summed E-state index contributed by atoms with van der Waals surface area (Å²) in [5.74, 6) is 0.612. The number of aromatic nitrogens is 2. The highest BCUT2D eigenvalue weighted by Crippen LogP contribution is 2.33. The predicted octanol–water partition coefficient (Wildman–Crippen LogP) is 1.02. The molecule has 12 nitrogen and oxygen atoms in total. The summed E-state index contributed by atoms with van der Waals surface area (Å²) >= 11 is 0. The van der Waals surface area contributed by atoms with Gasteiger partial charge in [0.15, 0.2) is 11.5 Å². The van der Waals surface area contributed by atoms with Gasteiger partial charge in [0.1, 0.15) is 12.8 Å². The number of H-pyrrole nitrogens is 1. The molecule has 0 radical (unpaired) electrons. The molecule has 2 aliphatic rings. The smallest absolute Gasteiger partial charge is 0.459 e. The Kier molecular flexibility index (Phi) is 6.37. The summed E-state index contributed by atoms with van der Waals surface area (Å²) in [4.78, 5) is 45.8. The summed E-state index contributed by atoms with van der Waals surface area (Å²) in [6.45, 7) is 0.205. The first-order valence-electron chi connectivity index (χ1n) is 8.79. The van der Waals surface area contributed by atoms with E-state index in [4.69, 9.17) is 34.0 Å². The molecule has 12 heteroatoms. The molecule has 2 atom stereocenters. The SMILES string of the molecule is O=C(O)O.O=C(OCC1CCC(n2ccc(=O)[nH]c2=O)O1)c1ccc2c(c1)OCO2. The van der Waals surface area contributed by atoms with E-state index in [0.717, 1.165) is 0 Å². The normalized spacial score (nSPS) is 18.9. The number of esters is 1. The lowest BCUT2D eigenvalue weighted by atomic mass is 10.2. The van der Waals surface area contributed by atoms with Crippen LogP contribution in [0, 0.1) is 0 Å². The van der Waals surface area contributed by atoms with Crippen molar-refractivity contribution in [1.29, 1.82) is 0 Å². The summed E-state index contributed by atoms with van der Waals surface area (Å²) in [7, 11) is 0. The minimum atomic E-state index is -1.83. The molecule has 0 spiro atoms. The maximum atomic E-state index is 12.2. The van der Waals surface area contributed by atoms with Crippen molar-refractivity contribution in [3.63, 3.8) is 0 Å². The molecular formula is C18H18N2O10. The van der Waals surface area contributed by atoms with E-state index in [0.29, 0.717) is 29.9 Å². The molecule has 0 amide bonds. The van der Waals surface area contributed by atoms with Gasteiger partial charge in [-0.25, -0.2) is 14.4 Å². The van der Waals surface area contributed by atoms with E-state index >= 15 is 0 Å². The van der Waals surface area contributed by atoms with Crippen molar-refractivity contribution in [3.05, 3.63) is 56.9 Å². The number of aromatic amines is 1. The van der Waals surface area contributed by atoms with Crippen molar-refractivity contribution in [2.45, 2.75) is 25.2 Å². The van der Waals surface area contributed by atoms with Gasteiger partial charge in [0, 0.05) is 12.3 Å². The highest BCUT2D eigenvalue weighted by atomic mass is 16.7. The van der Waals surface area contributed by atoms with Gasteiger partial charge in [0.2, 0.25) is 6.79 Å². The number of fused-ring (bicyclic) bond motifs is 1. The van der Waals surface area contributed by atoms with E-state index in [1.165, 1.54) is 16.8 Å². The fourth-order valence-corrected chi connectivity index (χ4v) is 2.94. The number of carboxylic acid groups (broad SMARTS) is 2. The quantitative estimate of drug-likeness (QED) is 0.605. The Labute approximate surface area is 168 Å². The highest BCUT2D eigenvalue weighted by molar-refractivity contribution is 5.90. The molecule has 1 aromatic carbocycles. The standard InChI is InChI=1S/C17H16N2O7.CH2O3/c20-14-5-6-19(17(22)18-14)15-4-2-11(26-15)8-23-16(21)10-1-3-12-13(7-10)25-9-24-12;2-1(3)4/h1,3,5-7,11,15H,2,4,8-9H2,(H,18,20,22);(H2,2,3,4). The molecule has 2 aliphatic heterocycles. The number of benzene rings is 1. The molecule has 0 saturated carbocycles. The van der Waals surface area contributed by atoms with Crippen LogP contribution in [0.3, 0.4) is 0 Å². The van der Waals surface area contributed by atoms with E-state index in [-0.39, 0.29) is 19.5 Å². The van der Waals surface area contributed by atoms with Crippen LogP contribution in [0.25, 0.3) is 0 Å². The van der Waals surface area contributed by atoms with Gasteiger partial charge in [0.05, 0.1) is 11.7 Å². The third-order valence-electron chi connectivity index (χ3n) is 4.26. The zero-order valence-electron chi connectivity index (χ0n) is 15.5. The molecule has 4 rings (SSSR count). The van der Waals surface area contributed by atoms with Crippen LogP contribution >= 0.6 is 0 Å². The van der Waals surface area contributed by atoms with E-state index in [9.17, 15) is 14.4 Å². The van der Waals surface area contributed by atoms with Gasteiger partial charge < -0.3 is 29.2 Å². The van der Waals surface area contributed by atoms with Crippen molar-refractivity contribution in [2.24, 2.45) is 0 Å². The van der Waals surface area contributed by atoms with E-state index in [1.807, 2.05) is 0 Å². The molecule has 160 valence electrons. The minimum Gasteiger partial charge on any atom is -0.459 e. The molecule has 1 fully saturated rings. The summed E-state index contributed by atoms with van der Waals surface area (Å²) in [5.41, 5.74) is -0.625. The van der Waals surface area contributed by atoms with Gasteiger partial charge in [0.25, 0.3) is 5.56 Å². The molecular weight excluding hydrogens is 404 g/mol. The molecule has 1 aromatic heterocycles. The Morgan fingerprint density at radius 3 is 2.60 bits per heavy atom. The highest BCUT2D eigenvalue weighted by Gasteiger charge is 2.28. The molecule has 2 unspecified atom stereocenters. The van der Waals surface area contributed by atoms with E-state index in [1.54, 1.807) is 18.2 Å². The largest absolute Gasteiger partial charge is 0.503 e. The van der Waals surface area contributed by atoms with Crippen LogP contribution in [-0.2, 0) is 9.47 Å². The van der Waals surface area contributed by atoms with E-state index in [2.05, 4.69) is 4.98 Å². The Morgan fingerprint density at radius 1 is 1.13 bits per heavy atom. The van der Waals surface area contributed by atoms with Crippen LogP contribution in [-0.4, -0.2) is 51.4 Å². The lowest BCUT2D eigenvalue weighted by Gasteiger charge is -2.15. The number of hydrogen-bond donors (Lipinski definition) is 3. The zero-order valence-corrected chi connectivity index (χ0v) is 15.5. The fraction of sp³-hybridized carbons (Fsp3) is 0.333. The van der Waals surface area contributed by atoms with Gasteiger partial charge in [-0.05, 0) is 31.0 Å². The maximum absolute atomic E-state index is 12.2. The number of nitrogens with one attached hydrogen (secondary N) is 1. The van der Waals surface area contributed by atoms with E-state index < -0.39 is 29.6 Å². The van der Waals surface area contributed by atoms with Crippen LogP contribution in [0.4, 0.5) is 4.79 Å². The second kappa shape index (κ2) is 9.13. The third kappa shape index (κ3) is 5.17. The summed E-state index contributed by atoms with van der Waals surface area (Å²) in [5, 5.41) is 13.9. The second-order valence-corrected chi connectivity index (χ2v) is 6.26. The molecule has 2 aromatic rings. The lowest BCUT2D eigenvalue weighted by molar-refractivity contribution is -0.0340. The Hall–Kier alpha value is -3.80. The van der Waals surface area contributed by atoms with Crippen molar-refractivity contribution >= 4 is 12.1 Å². The van der Waals surface area contributed by atoms with Gasteiger partial charge in [-0.3, -0.25) is 14.3 Å². The predicted molar refractivity (Wildman–Crippen MR) is 98.0 cm³/mol. The average molecular weight is 422 g/mol. The molecule has 1 saturated heterocycles. The van der Waals surface area contributed by atoms with Crippen molar-refractivity contribution < 1.29 is 38.7 Å². The molecule has 3 heterocycles. The lowest BCUT2D eigenvalue weighted by Crippen LogP contribution is -2.31. The van der Waals surface area contributed by atoms with Gasteiger partial charge in [-0.15, -0.1) is 0 Å². The number of ether oxygens (including phenoxy) is 4. The number of rotatable bonds is 4. The van der Waals surface area contributed by atoms with Crippen molar-refractivity contribution in [3.8, 4) is 11.5 Å². The zero-order chi connectivity index (χ0) is 21.7. The minimum absolute atomic E-state index is 0.0713. The van der Waals surface area contributed by atoms with Gasteiger partial charge >= 0.3 is 17.8 Å². The Bertz CT molecular complexity index is 1040. The first kappa shape index (κ1) is 20.9. The van der Waals surface area contributed by atoms with Crippen molar-refractivity contribution in [2.75, 3.05) is 13.4 Å². The van der Waals surface area contributed by atoms with Crippen LogP contribution in [0.1, 0.15) is 29.4 Å². The number of hydrogen-bond acceptors (Lipinski definition) is 8. The monoisotopic (exact) mass is 422 g/mol. The third-order valence-corrected chi connectivity index (χ3v) is 4.26. The van der Waals surface area contributed by atoms with Crippen LogP contribution < -0.4 is 20.7 Å². The fourth-order valence-electron chi connectivity index (χ4n) is 2.94. The molecule has 0 bridgehead atoms. The van der Waals surface area contributed by atoms with Crippen LogP contribution in [0.2, 0.25) is 0 Å². The first-order valence-corrected chi connectivity index (χ1v) is 8.79. The topological polar surface area (TPSA) is 166 Å². The average Bonchev–Trinajstić information content (AvgIpc) is 3.34. The number of carbonyl (C=O) groups excluding carboxylic acids is 1. The van der Waals surface area contributed by atoms with Gasteiger partial charge in [-0.2, -0.15) is 0 Å². The second-order valence-electron chi connectivity index (χ2n) is 6.26. The molecule has 30 heavy (non-hydrogen) atoms.